The summed E-state index contributed by atoms with van der Waals surface area (Å²) in [7, 11) is 0. The van der Waals surface area contributed by atoms with Gasteiger partial charge in [-0.3, -0.25) is 0 Å². The Labute approximate surface area is 138 Å². The monoisotopic (exact) mass is 329 g/mol. The third kappa shape index (κ3) is 3.57. The lowest BCUT2D eigenvalue weighted by atomic mass is 9.82. The summed E-state index contributed by atoms with van der Waals surface area (Å²) in [5.74, 6) is 1.60. The SMILES string of the molecule is CCCNc1nc(N2CCC(CC)(CC)C2)c(Cl)cc1Cl. The number of hydrogen-bond donors (Lipinski definition) is 1. The summed E-state index contributed by atoms with van der Waals surface area (Å²) >= 11 is 12.6. The highest BCUT2D eigenvalue weighted by molar-refractivity contribution is 6.37. The molecule has 1 aromatic rings. The lowest BCUT2D eigenvalue weighted by molar-refractivity contribution is 0.301. The number of halogens is 2. The van der Waals surface area contributed by atoms with E-state index in [-0.39, 0.29) is 0 Å². The van der Waals surface area contributed by atoms with Gasteiger partial charge in [0.1, 0.15) is 11.6 Å². The maximum atomic E-state index is 6.38. The Bertz CT molecular complexity index is 487. The summed E-state index contributed by atoms with van der Waals surface area (Å²) in [4.78, 5) is 6.98. The maximum absolute atomic E-state index is 6.38. The van der Waals surface area contributed by atoms with Crippen molar-refractivity contribution in [3.05, 3.63) is 16.1 Å². The molecule has 0 radical (unpaired) electrons. The van der Waals surface area contributed by atoms with Crippen LogP contribution in [0.2, 0.25) is 10.0 Å². The lowest BCUT2D eigenvalue weighted by Crippen LogP contribution is -2.27. The minimum atomic E-state index is 0.404. The van der Waals surface area contributed by atoms with Gasteiger partial charge in [-0.05, 0) is 37.2 Å². The topological polar surface area (TPSA) is 28.2 Å². The number of nitrogens with zero attached hydrogens (tertiary/aromatic N) is 2. The zero-order valence-electron chi connectivity index (χ0n) is 13.2. The average Bonchev–Trinajstić information content (AvgIpc) is 2.91. The Hall–Kier alpha value is -0.670. The second kappa shape index (κ2) is 7.06. The van der Waals surface area contributed by atoms with Gasteiger partial charge in [-0.15, -0.1) is 0 Å². The maximum Gasteiger partial charge on any atom is 0.149 e. The molecule has 5 heteroatoms. The van der Waals surface area contributed by atoms with E-state index >= 15 is 0 Å². The van der Waals surface area contributed by atoms with Gasteiger partial charge in [0.25, 0.3) is 0 Å². The Morgan fingerprint density at radius 3 is 2.52 bits per heavy atom. The highest BCUT2D eigenvalue weighted by Gasteiger charge is 2.36. The molecule has 3 nitrogen and oxygen atoms in total. The lowest BCUT2D eigenvalue weighted by Gasteiger charge is -2.27. The van der Waals surface area contributed by atoms with Crippen molar-refractivity contribution >= 4 is 34.8 Å². The van der Waals surface area contributed by atoms with Crippen molar-refractivity contribution in [2.75, 3.05) is 29.9 Å². The molecule has 1 fully saturated rings. The molecule has 1 aromatic heterocycles. The van der Waals surface area contributed by atoms with Crippen molar-refractivity contribution in [2.24, 2.45) is 5.41 Å². The largest absolute Gasteiger partial charge is 0.369 e. The van der Waals surface area contributed by atoms with Crippen LogP contribution in [-0.2, 0) is 0 Å². The third-order valence-electron chi connectivity index (χ3n) is 4.69. The summed E-state index contributed by atoms with van der Waals surface area (Å²) in [5.41, 5.74) is 0.404. The van der Waals surface area contributed by atoms with Crippen LogP contribution in [0.15, 0.2) is 6.07 Å². The van der Waals surface area contributed by atoms with Crippen molar-refractivity contribution in [1.82, 2.24) is 4.98 Å². The molecule has 0 saturated carbocycles. The molecule has 0 amide bonds. The van der Waals surface area contributed by atoms with E-state index in [9.17, 15) is 0 Å². The minimum Gasteiger partial charge on any atom is -0.369 e. The van der Waals surface area contributed by atoms with Crippen LogP contribution in [0.25, 0.3) is 0 Å². The van der Waals surface area contributed by atoms with Crippen molar-refractivity contribution in [1.29, 1.82) is 0 Å². The van der Waals surface area contributed by atoms with Gasteiger partial charge in [0.2, 0.25) is 0 Å². The van der Waals surface area contributed by atoms with Crippen LogP contribution in [0, 0.1) is 5.41 Å². The van der Waals surface area contributed by atoms with Crippen LogP contribution in [0.4, 0.5) is 11.6 Å². The standard InChI is InChI=1S/C16H25Cl2N3/c1-4-8-19-14-12(17)10-13(18)15(20-14)21-9-7-16(5-2,6-3)11-21/h10H,4-9,11H2,1-3H3,(H,19,20). The number of nitrogens with one attached hydrogen (secondary N) is 1. The van der Waals surface area contributed by atoms with Gasteiger partial charge in [0, 0.05) is 19.6 Å². The summed E-state index contributed by atoms with van der Waals surface area (Å²) in [6.07, 6.45) is 4.64. The van der Waals surface area contributed by atoms with Gasteiger partial charge in [-0.2, -0.15) is 0 Å². The smallest absolute Gasteiger partial charge is 0.149 e. The molecule has 21 heavy (non-hydrogen) atoms. The number of pyridine rings is 1. The van der Waals surface area contributed by atoms with E-state index in [1.807, 2.05) is 0 Å². The molecule has 1 N–H and O–H groups in total. The first-order valence-corrected chi connectivity index (χ1v) is 8.65. The van der Waals surface area contributed by atoms with Gasteiger partial charge >= 0.3 is 0 Å². The number of aromatic nitrogens is 1. The molecule has 0 unspecified atom stereocenters. The van der Waals surface area contributed by atoms with Gasteiger partial charge in [0.05, 0.1) is 10.0 Å². The second-order valence-electron chi connectivity index (χ2n) is 5.93. The quantitative estimate of drug-likeness (QED) is 0.774. The van der Waals surface area contributed by atoms with Gasteiger partial charge in [-0.1, -0.05) is 44.0 Å². The molecular weight excluding hydrogens is 305 g/mol. The second-order valence-corrected chi connectivity index (χ2v) is 6.74. The predicted molar refractivity (Wildman–Crippen MR) is 92.9 cm³/mol. The van der Waals surface area contributed by atoms with E-state index in [4.69, 9.17) is 23.2 Å². The van der Waals surface area contributed by atoms with Crippen LogP contribution in [-0.4, -0.2) is 24.6 Å². The Kier molecular flexibility index (Phi) is 5.61. The van der Waals surface area contributed by atoms with Crippen LogP contribution < -0.4 is 10.2 Å². The summed E-state index contributed by atoms with van der Waals surface area (Å²) in [6.45, 7) is 9.58. The van der Waals surface area contributed by atoms with Crippen LogP contribution in [0.5, 0.6) is 0 Å². The molecule has 0 atom stereocenters. The van der Waals surface area contributed by atoms with Crippen molar-refractivity contribution < 1.29 is 0 Å². The van der Waals surface area contributed by atoms with E-state index < -0.39 is 0 Å². The fraction of sp³-hybridized carbons (Fsp3) is 0.688. The minimum absolute atomic E-state index is 0.404. The summed E-state index contributed by atoms with van der Waals surface area (Å²) in [6, 6.07) is 1.81. The molecule has 118 valence electrons. The molecule has 0 bridgehead atoms. The van der Waals surface area contributed by atoms with Gasteiger partial charge < -0.3 is 10.2 Å². The fourth-order valence-electron chi connectivity index (χ4n) is 2.99. The summed E-state index contributed by atoms with van der Waals surface area (Å²) < 4.78 is 0. The number of hydrogen-bond acceptors (Lipinski definition) is 3. The molecule has 2 heterocycles. The highest BCUT2D eigenvalue weighted by Crippen LogP contribution is 2.41. The molecule has 1 saturated heterocycles. The zero-order chi connectivity index (χ0) is 15.5. The molecule has 0 aromatic carbocycles. The molecule has 1 aliphatic heterocycles. The average molecular weight is 330 g/mol. The summed E-state index contributed by atoms with van der Waals surface area (Å²) in [5, 5.41) is 4.51. The Morgan fingerprint density at radius 2 is 1.95 bits per heavy atom. The first-order valence-electron chi connectivity index (χ1n) is 7.90. The first-order chi connectivity index (χ1) is 10.0. The van der Waals surface area contributed by atoms with Crippen molar-refractivity contribution in [2.45, 2.75) is 46.5 Å². The van der Waals surface area contributed by atoms with Crippen LogP contribution in [0.3, 0.4) is 0 Å². The van der Waals surface area contributed by atoms with Gasteiger partial charge in [-0.25, -0.2) is 4.98 Å². The predicted octanol–water partition coefficient (Wildman–Crippen LogP) is 5.23. The van der Waals surface area contributed by atoms with Crippen molar-refractivity contribution in [3.8, 4) is 0 Å². The fourth-order valence-corrected chi connectivity index (χ4v) is 3.53. The molecular formula is C16H25Cl2N3. The Balaban J connectivity index is 2.24. The molecule has 2 rings (SSSR count). The first kappa shape index (κ1) is 16.7. The Morgan fingerprint density at radius 1 is 1.24 bits per heavy atom. The molecule has 0 aliphatic carbocycles. The van der Waals surface area contributed by atoms with Crippen LogP contribution in [0.1, 0.15) is 46.5 Å². The molecule has 0 spiro atoms. The van der Waals surface area contributed by atoms with E-state index in [1.54, 1.807) is 6.07 Å². The van der Waals surface area contributed by atoms with Crippen molar-refractivity contribution in [3.63, 3.8) is 0 Å². The normalized spacial score (nSPS) is 17.3. The van der Waals surface area contributed by atoms with E-state index in [0.29, 0.717) is 15.5 Å². The zero-order valence-corrected chi connectivity index (χ0v) is 14.7. The van der Waals surface area contributed by atoms with E-state index in [1.165, 1.54) is 19.3 Å². The number of anilines is 2. The third-order valence-corrected chi connectivity index (χ3v) is 5.26. The van der Waals surface area contributed by atoms with E-state index in [2.05, 4.69) is 36.0 Å². The molecule has 1 aliphatic rings. The van der Waals surface area contributed by atoms with Gasteiger partial charge in [0.15, 0.2) is 0 Å². The van der Waals surface area contributed by atoms with Crippen LogP contribution >= 0.6 is 23.2 Å². The number of rotatable bonds is 6. The highest BCUT2D eigenvalue weighted by atomic mass is 35.5. The van der Waals surface area contributed by atoms with E-state index in [0.717, 1.165) is 37.7 Å².